The average molecular weight is 367 g/mol. The Morgan fingerprint density at radius 3 is 2.00 bits per heavy atom. The summed E-state index contributed by atoms with van der Waals surface area (Å²) in [5, 5.41) is 10.7. The molecule has 0 unspecified atom stereocenters. The summed E-state index contributed by atoms with van der Waals surface area (Å²) in [5.41, 5.74) is 1.60. The van der Waals surface area contributed by atoms with Gasteiger partial charge in [-0.05, 0) is 36.1 Å². The molecule has 6 heteroatoms. The fourth-order valence-corrected chi connectivity index (χ4v) is 3.75. The minimum atomic E-state index is -0.692. The van der Waals surface area contributed by atoms with Crippen molar-refractivity contribution in [3.63, 3.8) is 0 Å². The van der Waals surface area contributed by atoms with E-state index in [0.717, 1.165) is 24.0 Å². The summed E-state index contributed by atoms with van der Waals surface area (Å²) in [6.07, 6.45) is 3.40. The molecular weight excluding hydrogens is 346 g/mol. The van der Waals surface area contributed by atoms with Gasteiger partial charge in [-0.3, -0.25) is 19.7 Å². The highest BCUT2D eigenvalue weighted by Gasteiger charge is 2.43. The fraction of sp³-hybridized carbons (Fsp3) is 0.333. The summed E-state index contributed by atoms with van der Waals surface area (Å²) >= 11 is 0. The number of carbonyl (C=O) groups is 2. The molecular formula is C21H21NO5. The first-order valence-corrected chi connectivity index (χ1v) is 8.92. The number of Topliss-reactive ketones (excluding diaryl/α,β-unsaturated/α-hetero) is 1. The first kappa shape index (κ1) is 18.8. The molecule has 27 heavy (non-hydrogen) atoms. The van der Waals surface area contributed by atoms with Crippen molar-refractivity contribution >= 4 is 17.4 Å². The van der Waals surface area contributed by atoms with Gasteiger partial charge in [0.05, 0.1) is 17.4 Å². The third-order valence-corrected chi connectivity index (χ3v) is 5.30. The van der Waals surface area contributed by atoms with E-state index in [9.17, 15) is 19.7 Å². The van der Waals surface area contributed by atoms with Crippen molar-refractivity contribution in [2.75, 3.05) is 7.11 Å². The van der Waals surface area contributed by atoms with Gasteiger partial charge in [-0.25, -0.2) is 0 Å². The van der Waals surface area contributed by atoms with Crippen LogP contribution in [0.2, 0.25) is 0 Å². The zero-order valence-corrected chi connectivity index (χ0v) is 15.1. The number of rotatable bonds is 6. The number of carbonyl (C=O) groups excluding carboxylic acids is 2. The second kappa shape index (κ2) is 7.70. The van der Waals surface area contributed by atoms with Crippen LogP contribution in [-0.4, -0.2) is 23.8 Å². The Morgan fingerprint density at radius 1 is 1.00 bits per heavy atom. The molecule has 0 radical (unpaired) electrons. The second-order valence-electron chi connectivity index (χ2n) is 6.96. The van der Waals surface area contributed by atoms with Gasteiger partial charge in [0.1, 0.15) is 0 Å². The summed E-state index contributed by atoms with van der Waals surface area (Å²) in [4.78, 5) is 35.2. The van der Waals surface area contributed by atoms with Gasteiger partial charge in [-0.2, -0.15) is 0 Å². The van der Waals surface area contributed by atoms with E-state index in [1.54, 1.807) is 24.3 Å². The molecule has 0 bridgehead atoms. The quantitative estimate of drug-likeness (QED) is 0.323. The predicted molar refractivity (Wildman–Crippen MR) is 100 cm³/mol. The normalized spacial score (nSPS) is 15.3. The van der Waals surface area contributed by atoms with Gasteiger partial charge in [0.15, 0.2) is 5.78 Å². The Kier molecular flexibility index (Phi) is 5.35. The molecule has 0 heterocycles. The number of hydrogen-bond donors (Lipinski definition) is 0. The van der Waals surface area contributed by atoms with Crippen LogP contribution in [0.15, 0.2) is 48.5 Å². The predicted octanol–water partition coefficient (Wildman–Crippen LogP) is 4.57. The highest BCUT2D eigenvalue weighted by Crippen LogP contribution is 2.43. The SMILES string of the molecule is COC(=O)C1(CC(=O)c2ccc(-c3ccc([N+](=O)[O-])cc3)cc2)CCCC1. The van der Waals surface area contributed by atoms with Crippen LogP contribution < -0.4 is 0 Å². The molecule has 0 spiro atoms. The maximum atomic E-state index is 12.7. The topological polar surface area (TPSA) is 86.5 Å². The molecule has 1 saturated carbocycles. The number of nitro benzene ring substituents is 1. The van der Waals surface area contributed by atoms with E-state index in [1.165, 1.54) is 19.2 Å². The van der Waals surface area contributed by atoms with Crippen LogP contribution in [0, 0.1) is 15.5 Å². The number of nitro groups is 1. The van der Waals surface area contributed by atoms with Crippen molar-refractivity contribution in [2.24, 2.45) is 5.41 Å². The van der Waals surface area contributed by atoms with Crippen molar-refractivity contribution in [1.29, 1.82) is 0 Å². The number of benzene rings is 2. The number of non-ortho nitro benzene ring substituents is 1. The van der Waals surface area contributed by atoms with Gasteiger partial charge >= 0.3 is 5.97 Å². The Morgan fingerprint density at radius 2 is 1.52 bits per heavy atom. The van der Waals surface area contributed by atoms with E-state index in [0.29, 0.717) is 18.4 Å². The summed E-state index contributed by atoms with van der Waals surface area (Å²) in [5.74, 6) is -0.367. The number of methoxy groups -OCH3 is 1. The first-order chi connectivity index (χ1) is 12.9. The molecule has 0 N–H and O–H groups in total. The molecule has 0 amide bonds. The molecule has 1 aliphatic carbocycles. The van der Waals surface area contributed by atoms with E-state index < -0.39 is 10.3 Å². The standard InChI is InChI=1S/C21H21NO5/c1-27-20(24)21(12-2-3-13-21)14-19(23)17-6-4-15(5-7-17)16-8-10-18(11-9-16)22(25)26/h4-11H,2-3,12-14H2,1H3. The maximum Gasteiger partial charge on any atom is 0.312 e. The summed E-state index contributed by atoms with van der Waals surface area (Å²) < 4.78 is 4.94. The number of ether oxygens (including phenoxy) is 1. The highest BCUT2D eigenvalue weighted by molar-refractivity contribution is 5.99. The maximum absolute atomic E-state index is 12.7. The van der Waals surface area contributed by atoms with Crippen LogP contribution in [-0.2, 0) is 9.53 Å². The Labute approximate surface area is 157 Å². The second-order valence-corrected chi connectivity index (χ2v) is 6.96. The minimum Gasteiger partial charge on any atom is -0.469 e. The monoisotopic (exact) mass is 367 g/mol. The lowest BCUT2D eigenvalue weighted by molar-refractivity contribution is -0.384. The van der Waals surface area contributed by atoms with Crippen LogP contribution in [0.5, 0.6) is 0 Å². The molecule has 140 valence electrons. The van der Waals surface area contributed by atoms with Crippen LogP contribution in [0.1, 0.15) is 42.5 Å². The van der Waals surface area contributed by atoms with Crippen molar-refractivity contribution in [1.82, 2.24) is 0 Å². The summed E-state index contributed by atoms with van der Waals surface area (Å²) in [6, 6.07) is 13.4. The largest absolute Gasteiger partial charge is 0.469 e. The van der Waals surface area contributed by atoms with Crippen molar-refractivity contribution in [3.8, 4) is 11.1 Å². The molecule has 2 aromatic rings. The molecule has 0 saturated heterocycles. The molecule has 0 aromatic heterocycles. The van der Waals surface area contributed by atoms with Crippen LogP contribution in [0.25, 0.3) is 11.1 Å². The lowest BCUT2D eigenvalue weighted by atomic mass is 9.80. The molecule has 6 nitrogen and oxygen atoms in total. The molecule has 1 fully saturated rings. The van der Waals surface area contributed by atoms with Gasteiger partial charge in [-0.1, -0.05) is 37.1 Å². The minimum absolute atomic E-state index is 0.0372. The van der Waals surface area contributed by atoms with Crippen molar-refractivity contribution < 1.29 is 19.2 Å². The van der Waals surface area contributed by atoms with E-state index >= 15 is 0 Å². The van der Waals surface area contributed by atoms with E-state index in [4.69, 9.17) is 4.74 Å². The zero-order valence-electron chi connectivity index (χ0n) is 15.1. The van der Waals surface area contributed by atoms with Crippen molar-refractivity contribution in [3.05, 3.63) is 64.2 Å². The third kappa shape index (κ3) is 3.89. The Balaban J connectivity index is 1.75. The fourth-order valence-electron chi connectivity index (χ4n) is 3.75. The molecule has 3 rings (SSSR count). The number of nitrogens with zero attached hydrogens (tertiary/aromatic N) is 1. The molecule has 2 aromatic carbocycles. The lowest BCUT2D eigenvalue weighted by Gasteiger charge is -2.24. The molecule has 0 atom stereocenters. The van der Waals surface area contributed by atoms with Gasteiger partial charge < -0.3 is 4.74 Å². The van der Waals surface area contributed by atoms with E-state index in [2.05, 4.69) is 0 Å². The van der Waals surface area contributed by atoms with Gasteiger partial charge in [0.25, 0.3) is 5.69 Å². The van der Waals surface area contributed by atoms with E-state index in [-0.39, 0.29) is 23.9 Å². The molecule has 0 aliphatic heterocycles. The smallest absolute Gasteiger partial charge is 0.312 e. The third-order valence-electron chi connectivity index (χ3n) is 5.30. The Hall–Kier alpha value is -3.02. The van der Waals surface area contributed by atoms with Crippen LogP contribution in [0.4, 0.5) is 5.69 Å². The van der Waals surface area contributed by atoms with Gasteiger partial charge in [0.2, 0.25) is 0 Å². The lowest BCUT2D eigenvalue weighted by Crippen LogP contribution is -2.32. The average Bonchev–Trinajstić information content (AvgIpc) is 3.17. The summed E-state index contributed by atoms with van der Waals surface area (Å²) in [6.45, 7) is 0. The Bertz CT molecular complexity index is 849. The number of ketones is 1. The van der Waals surface area contributed by atoms with Crippen LogP contribution in [0.3, 0.4) is 0 Å². The zero-order chi connectivity index (χ0) is 19.4. The van der Waals surface area contributed by atoms with Crippen molar-refractivity contribution in [2.45, 2.75) is 32.1 Å². The number of esters is 1. The van der Waals surface area contributed by atoms with Gasteiger partial charge in [-0.15, -0.1) is 0 Å². The summed E-state index contributed by atoms with van der Waals surface area (Å²) in [7, 11) is 1.37. The number of hydrogen-bond acceptors (Lipinski definition) is 5. The molecule has 1 aliphatic rings. The highest BCUT2D eigenvalue weighted by atomic mass is 16.6. The first-order valence-electron chi connectivity index (χ1n) is 8.92. The van der Waals surface area contributed by atoms with E-state index in [1.807, 2.05) is 12.1 Å². The van der Waals surface area contributed by atoms with Gasteiger partial charge in [0, 0.05) is 24.1 Å². The van der Waals surface area contributed by atoms with Crippen LogP contribution >= 0.6 is 0 Å².